The van der Waals surface area contributed by atoms with Gasteiger partial charge in [-0.25, -0.2) is 0 Å². The molecule has 0 N–H and O–H groups in total. The lowest BCUT2D eigenvalue weighted by atomic mass is 9.56. The minimum atomic E-state index is 0.612. The minimum absolute atomic E-state index is 0.612. The Morgan fingerprint density at radius 1 is 0.375 bits per heavy atom. The van der Waals surface area contributed by atoms with Gasteiger partial charge in [-0.2, -0.15) is 5.26 Å². The third-order valence-corrected chi connectivity index (χ3v) is 14.6. The molecule has 2 heteroatoms. The normalized spacial score (nSPS) is 37.1. The van der Waals surface area contributed by atoms with Crippen LogP contribution in [0, 0.1) is 17.8 Å². The molecule has 12 aliphatic carbocycles. The first-order chi connectivity index (χ1) is 19.7. The van der Waals surface area contributed by atoms with E-state index in [4.69, 9.17) is 0 Å². The molecule has 0 atom stereocenters. The molecule has 4 fully saturated rings. The van der Waals surface area contributed by atoms with Crippen molar-refractivity contribution in [3.63, 3.8) is 0 Å². The number of benzene rings is 2. The Morgan fingerprint density at radius 3 is 0.875 bits per heavy atom. The van der Waals surface area contributed by atoms with Crippen LogP contribution < -0.4 is 0 Å². The largest absolute Gasteiger partial charge is 0.192 e. The smallest absolute Gasteiger partial charge is 0.0997 e. The maximum atomic E-state index is 10.7. The number of nitrogens with zero attached hydrogens (tertiary/aromatic N) is 1. The van der Waals surface area contributed by atoms with E-state index in [1.165, 1.54) is 118 Å². The van der Waals surface area contributed by atoms with Crippen LogP contribution in [0.5, 0.6) is 0 Å². The number of fused-ring (bicyclic) bond motifs is 8. The molecule has 2 radical (unpaired) electrons. The molecule has 14 rings (SSSR count). The molecule has 0 aromatic heterocycles. The molecule has 0 aliphatic heterocycles. The summed E-state index contributed by atoms with van der Waals surface area (Å²) in [4.78, 5) is 0. The average Bonchev–Trinajstić information content (AvgIpc) is 3.04. The summed E-state index contributed by atoms with van der Waals surface area (Å²) >= 11 is 4.30. The van der Waals surface area contributed by atoms with Gasteiger partial charge in [0.2, 0.25) is 0 Å². The highest BCUT2D eigenvalue weighted by Crippen LogP contribution is 2.63. The van der Waals surface area contributed by atoms with Gasteiger partial charge in [-0.05, 0) is 206 Å². The molecule has 2 aromatic rings. The maximum absolute atomic E-state index is 10.7. The first-order valence-corrected chi connectivity index (χ1v) is 17.8. The predicted octanol–water partition coefficient (Wildman–Crippen LogP) is 10.8. The molecule has 0 unspecified atom stereocenters. The van der Waals surface area contributed by atoms with Crippen molar-refractivity contribution in [3.05, 3.63) is 72.1 Å². The monoisotopic (exact) mass is 589 g/mol. The summed E-state index contributed by atoms with van der Waals surface area (Å²) in [6.07, 6.45) is 26.1. The standard InChI is InChI=1S/C38H40BrN/c39-38-36-25-13-9-21(10-14-25)32(36)28(33-22-11-15-26(16-12-22)37(33)38)17-27-30-19-1-5-23(6-2-19)34(30)29(18-40)35-24-7-3-20(4-8-24)31(27)35/h19-26H,1-16H2. The Bertz CT molecular complexity index is 1390. The van der Waals surface area contributed by atoms with E-state index in [9.17, 15) is 5.26 Å². The molecule has 0 saturated heterocycles. The van der Waals surface area contributed by atoms with Crippen LogP contribution in [0.25, 0.3) is 0 Å². The van der Waals surface area contributed by atoms with Gasteiger partial charge in [-0.1, -0.05) is 15.9 Å². The van der Waals surface area contributed by atoms with Gasteiger partial charge in [0.15, 0.2) is 0 Å². The molecule has 4 saturated carbocycles. The fourth-order valence-corrected chi connectivity index (χ4v) is 13.2. The molecule has 2 aromatic carbocycles. The van der Waals surface area contributed by atoms with Crippen molar-refractivity contribution in [3.8, 4) is 6.07 Å². The third kappa shape index (κ3) is 2.95. The van der Waals surface area contributed by atoms with E-state index in [2.05, 4.69) is 28.4 Å². The zero-order chi connectivity index (χ0) is 26.3. The van der Waals surface area contributed by atoms with Crippen molar-refractivity contribution >= 4 is 15.9 Å². The van der Waals surface area contributed by atoms with Crippen LogP contribution in [0.3, 0.4) is 0 Å². The zero-order valence-electron chi connectivity index (χ0n) is 23.8. The van der Waals surface area contributed by atoms with Crippen molar-refractivity contribution in [1.82, 2.24) is 0 Å². The Hall–Kier alpha value is -1.59. The maximum Gasteiger partial charge on any atom is 0.0997 e. The van der Waals surface area contributed by atoms with Crippen molar-refractivity contribution < 1.29 is 0 Å². The Morgan fingerprint density at radius 2 is 0.600 bits per heavy atom. The molecular weight excluding hydrogens is 550 g/mol. The highest BCUT2D eigenvalue weighted by Gasteiger charge is 2.47. The first kappa shape index (κ1) is 23.9. The topological polar surface area (TPSA) is 23.8 Å². The van der Waals surface area contributed by atoms with E-state index in [0.29, 0.717) is 23.7 Å². The summed E-state index contributed by atoms with van der Waals surface area (Å²) in [5.41, 5.74) is 17.5. The Balaban J connectivity index is 1.28. The summed E-state index contributed by atoms with van der Waals surface area (Å²) in [5, 5.41) is 10.7. The van der Waals surface area contributed by atoms with Crippen molar-refractivity contribution in [2.45, 2.75) is 150 Å². The second-order valence-corrected chi connectivity index (χ2v) is 16.0. The number of halogens is 1. The van der Waals surface area contributed by atoms with Crippen LogP contribution in [-0.4, -0.2) is 0 Å². The SMILES string of the molecule is N#Cc1c2c(c([C]c3c4c(c(Br)c5c3C3CCC5CC3)C3CCC4CC3)c3c1C1CCC3CC1)C1CCC2CC1. The number of rotatable bonds is 2. The van der Waals surface area contributed by atoms with Gasteiger partial charge in [-0.15, -0.1) is 0 Å². The fourth-order valence-electron chi connectivity index (χ4n) is 12.2. The highest BCUT2D eigenvalue weighted by atomic mass is 79.9. The molecule has 8 bridgehead atoms. The van der Waals surface area contributed by atoms with Gasteiger partial charge < -0.3 is 0 Å². The quantitative estimate of drug-likeness (QED) is 0.341. The second kappa shape index (κ2) is 8.49. The van der Waals surface area contributed by atoms with Gasteiger partial charge in [-0.3, -0.25) is 0 Å². The number of nitriles is 1. The van der Waals surface area contributed by atoms with E-state index in [-0.39, 0.29) is 0 Å². The van der Waals surface area contributed by atoms with Gasteiger partial charge in [0.25, 0.3) is 0 Å². The molecule has 12 aliphatic rings. The lowest BCUT2D eigenvalue weighted by molar-refractivity contribution is 0.334. The summed E-state index contributed by atoms with van der Waals surface area (Å²) < 4.78 is 1.54. The van der Waals surface area contributed by atoms with E-state index in [1.54, 1.807) is 44.5 Å². The van der Waals surface area contributed by atoms with E-state index < -0.39 is 0 Å². The minimum Gasteiger partial charge on any atom is -0.192 e. The molecule has 0 spiro atoms. The van der Waals surface area contributed by atoms with E-state index >= 15 is 0 Å². The first-order valence-electron chi connectivity index (χ1n) is 17.0. The Labute approximate surface area is 248 Å². The number of hydrogen-bond donors (Lipinski definition) is 0. The van der Waals surface area contributed by atoms with E-state index in [1.807, 2.05) is 0 Å². The van der Waals surface area contributed by atoms with Crippen LogP contribution in [0.15, 0.2) is 4.47 Å². The predicted molar refractivity (Wildman–Crippen MR) is 163 cm³/mol. The van der Waals surface area contributed by atoms with Crippen molar-refractivity contribution in [2.75, 3.05) is 0 Å². The summed E-state index contributed by atoms with van der Waals surface area (Å²) in [6, 6.07) is 2.86. The van der Waals surface area contributed by atoms with Crippen LogP contribution in [0.2, 0.25) is 0 Å². The van der Waals surface area contributed by atoms with Crippen molar-refractivity contribution in [1.29, 1.82) is 5.26 Å². The van der Waals surface area contributed by atoms with Crippen LogP contribution >= 0.6 is 15.9 Å². The van der Waals surface area contributed by atoms with Crippen LogP contribution in [-0.2, 0) is 0 Å². The number of hydrogen-bond acceptors (Lipinski definition) is 1. The summed E-state index contributed by atoms with van der Waals surface area (Å²) in [6.45, 7) is 0. The second-order valence-electron chi connectivity index (χ2n) is 15.2. The fraction of sp³-hybridized carbons (Fsp3) is 0.632. The summed E-state index contributed by atoms with van der Waals surface area (Å²) in [5.74, 6) is 5.46. The molecule has 40 heavy (non-hydrogen) atoms. The Kier molecular flexibility index (Phi) is 5.08. The van der Waals surface area contributed by atoms with Crippen LogP contribution in [0.4, 0.5) is 0 Å². The van der Waals surface area contributed by atoms with Gasteiger partial charge >= 0.3 is 0 Å². The third-order valence-electron chi connectivity index (χ3n) is 13.8. The van der Waals surface area contributed by atoms with Gasteiger partial charge in [0.05, 0.1) is 18.1 Å². The average molecular weight is 591 g/mol. The molecule has 204 valence electrons. The molecule has 0 amide bonds. The van der Waals surface area contributed by atoms with Crippen LogP contribution in [0.1, 0.15) is 211 Å². The van der Waals surface area contributed by atoms with E-state index in [0.717, 1.165) is 29.2 Å². The van der Waals surface area contributed by atoms with Gasteiger partial charge in [0.1, 0.15) is 0 Å². The molecular formula is C38H40BrN. The molecule has 1 nitrogen and oxygen atoms in total. The lowest BCUT2D eigenvalue weighted by Crippen LogP contribution is -2.33. The summed E-state index contributed by atoms with van der Waals surface area (Å²) in [7, 11) is 0. The highest BCUT2D eigenvalue weighted by molar-refractivity contribution is 9.10. The van der Waals surface area contributed by atoms with Gasteiger partial charge in [0, 0.05) is 4.47 Å². The lowest BCUT2D eigenvalue weighted by Gasteiger charge is -2.49. The zero-order valence-corrected chi connectivity index (χ0v) is 25.3. The molecule has 0 heterocycles. The van der Waals surface area contributed by atoms with Crippen molar-refractivity contribution in [2.24, 2.45) is 0 Å².